The van der Waals surface area contributed by atoms with Crippen LogP contribution < -0.4 is 5.32 Å². The predicted octanol–water partition coefficient (Wildman–Crippen LogP) is 2.69. The van der Waals surface area contributed by atoms with Gasteiger partial charge in [-0.15, -0.1) is 22.7 Å². The van der Waals surface area contributed by atoms with Crippen molar-refractivity contribution in [2.75, 3.05) is 11.9 Å². The zero-order chi connectivity index (χ0) is 17.6. The molecular weight excluding hydrogens is 360 g/mol. The Morgan fingerprint density at radius 2 is 2.08 bits per heavy atom. The van der Waals surface area contributed by atoms with Gasteiger partial charge >= 0.3 is 5.97 Å². The maximum Gasteiger partial charge on any atom is 0.312 e. The predicted molar refractivity (Wildman–Crippen MR) is 95.5 cm³/mol. The smallest absolute Gasteiger partial charge is 0.312 e. The van der Waals surface area contributed by atoms with Gasteiger partial charge in [-0.05, 0) is 19.1 Å². The molecule has 0 bridgehead atoms. The fourth-order valence-corrected chi connectivity index (χ4v) is 3.41. The van der Waals surface area contributed by atoms with E-state index in [-0.39, 0.29) is 13.0 Å². The quantitative estimate of drug-likeness (QED) is 0.667. The van der Waals surface area contributed by atoms with Crippen molar-refractivity contribution in [1.29, 1.82) is 0 Å². The number of anilines is 1. The summed E-state index contributed by atoms with van der Waals surface area (Å²) < 4.78 is 4.98. The first kappa shape index (κ1) is 17.2. The van der Waals surface area contributed by atoms with Crippen LogP contribution in [0.15, 0.2) is 35.2 Å². The monoisotopic (exact) mass is 374 g/mol. The fourth-order valence-electron chi connectivity index (χ4n) is 1.91. The number of pyridine rings is 1. The minimum Gasteiger partial charge on any atom is -0.455 e. The van der Waals surface area contributed by atoms with Gasteiger partial charge in [-0.3, -0.25) is 19.9 Å². The summed E-state index contributed by atoms with van der Waals surface area (Å²) in [5, 5.41) is 7.40. The van der Waals surface area contributed by atoms with Crippen molar-refractivity contribution in [3.8, 4) is 10.7 Å². The SMILES string of the molecule is Cc1csc(NC(=O)COC(=O)Cc2csc(-c3ccccn3)n2)n1. The second-order valence-electron chi connectivity index (χ2n) is 5.04. The Morgan fingerprint density at radius 1 is 1.20 bits per heavy atom. The van der Waals surface area contributed by atoms with Gasteiger partial charge in [-0.2, -0.15) is 0 Å². The zero-order valence-corrected chi connectivity index (χ0v) is 14.9. The molecule has 3 aromatic heterocycles. The summed E-state index contributed by atoms with van der Waals surface area (Å²) >= 11 is 2.72. The highest BCUT2D eigenvalue weighted by Gasteiger charge is 2.13. The Labute approximate surface area is 151 Å². The lowest BCUT2D eigenvalue weighted by atomic mass is 10.3. The summed E-state index contributed by atoms with van der Waals surface area (Å²) in [5.74, 6) is -0.932. The van der Waals surface area contributed by atoms with E-state index in [2.05, 4.69) is 20.3 Å². The molecular formula is C16H14N4O3S2. The minimum atomic E-state index is -0.511. The van der Waals surface area contributed by atoms with Crippen LogP contribution in [0.2, 0.25) is 0 Å². The van der Waals surface area contributed by atoms with Crippen LogP contribution in [0, 0.1) is 6.92 Å². The first-order valence-corrected chi connectivity index (χ1v) is 9.09. The number of nitrogens with one attached hydrogen (secondary N) is 1. The van der Waals surface area contributed by atoms with Crippen LogP contribution in [0.1, 0.15) is 11.4 Å². The maximum atomic E-state index is 11.9. The van der Waals surface area contributed by atoms with E-state index < -0.39 is 11.9 Å². The number of ether oxygens (including phenoxy) is 1. The van der Waals surface area contributed by atoms with Gasteiger partial charge in [0.2, 0.25) is 0 Å². The van der Waals surface area contributed by atoms with E-state index in [0.29, 0.717) is 10.8 Å². The summed E-state index contributed by atoms with van der Waals surface area (Å²) in [6, 6.07) is 5.55. The van der Waals surface area contributed by atoms with E-state index in [1.54, 1.807) is 11.6 Å². The third-order valence-electron chi connectivity index (χ3n) is 2.99. The number of hydrogen-bond acceptors (Lipinski definition) is 8. The van der Waals surface area contributed by atoms with Gasteiger partial charge in [-0.25, -0.2) is 9.97 Å². The maximum absolute atomic E-state index is 11.9. The largest absolute Gasteiger partial charge is 0.455 e. The Morgan fingerprint density at radius 3 is 2.80 bits per heavy atom. The standard InChI is InChI=1S/C16H14N4O3S2/c1-10-8-25-16(18-10)20-13(21)7-23-14(22)6-11-9-24-15(19-11)12-4-2-3-5-17-12/h2-5,8-9H,6-7H2,1H3,(H,18,20,21). The number of aryl methyl sites for hydroxylation is 1. The average molecular weight is 374 g/mol. The summed E-state index contributed by atoms with van der Waals surface area (Å²) in [5.41, 5.74) is 2.17. The van der Waals surface area contributed by atoms with Gasteiger partial charge in [-0.1, -0.05) is 6.07 Å². The number of nitrogens with zero attached hydrogens (tertiary/aromatic N) is 3. The number of thiazole rings is 2. The number of carbonyl (C=O) groups excluding carboxylic acids is 2. The van der Waals surface area contributed by atoms with Crippen molar-refractivity contribution in [3.05, 3.63) is 46.5 Å². The lowest BCUT2D eigenvalue weighted by molar-refractivity contribution is -0.146. The molecule has 0 atom stereocenters. The van der Waals surface area contributed by atoms with E-state index in [0.717, 1.165) is 16.4 Å². The highest BCUT2D eigenvalue weighted by atomic mass is 32.1. The molecule has 0 saturated heterocycles. The number of rotatable bonds is 6. The van der Waals surface area contributed by atoms with Crippen molar-refractivity contribution in [2.45, 2.75) is 13.3 Å². The molecule has 0 saturated carbocycles. The van der Waals surface area contributed by atoms with Crippen LogP contribution in [-0.2, 0) is 20.7 Å². The van der Waals surface area contributed by atoms with Crippen LogP contribution in [0.4, 0.5) is 5.13 Å². The molecule has 0 aromatic carbocycles. The van der Waals surface area contributed by atoms with Gasteiger partial charge in [0.25, 0.3) is 5.91 Å². The Kier molecular flexibility index (Phi) is 5.46. The Hall–Kier alpha value is -2.65. The molecule has 0 aliphatic heterocycles. The molecule has 0 aliphatic carbocycles. The number of carbonyl (C=O) groups is 2. The first-order chi connectivity index (χ1) is 12.1. The molecule has 0 aliphatic rings. The van der Waals surface area contributed by atoms with Crippen molar-refractivity contribution in [3.63, 3.8) is 0 Å². The van der Waals surface area contributed by atoms with Crippen molar-refractivity contribution >= 4 is 39.7 Å². The molecule has 3 heterocycles. The molecule has 3 rings (SSSR count). The lowest BCUT2D eigenvalue weighted by Gasteiger charge is -2.03. The highest BCUT2D eigenvalue weighted by molar-refractivity contribution is 7.14. The van der Waals surface area contributed by atoms with Gasteiger partial charge in [0.05, 0.1) is 23.5 Å². The minimum absolute atomic E-state index is 0.00692. The Balaban J connectivity index is 1.48. The van der Waals surface area contributed by atoms with Crippen molar-refractivity contribution in [1.82, 2.24) is 15.0 Å². The lowest BCUT2D eigenvalue weighted by Crippen LogP contribution is -2.21. The summed E-state index contributed by atoms with van der Waals surface area (Å²) in [4.78, 5) is 36.3. The first-order valence-electron chi connectivity index (χ1n) is 7.33. The fraction of sp³-hybridized carbons (Fsp3) is 0.188. The number of hydrogen-bond donors (Lipinski definition) is 1. The zero-order valence-electron chi connectivity index (χ0n) is 13.3. The van der Waals surface area contributed by atoms with Gasteiger partial charge < -0.3 is 4.74 Å². The van der Waals surface area contributed by atoms with E-state index in [9.17, 15) is 9.59 Å². The van der Waals surface area contributed by atoms with Crippen LogP contribution in [0.3, 0.4) is 0 Å². The molecule has 0 spiro atoms. The van der Waals surface area contributed by atoms with E-state index in [1.807, 2.05) is 30.5 Å². The Bertz CT molecular complexity index is 876. The summed E-state index contributed by atoms with van der Waals surface area (Å²) in [7, 11) is 0. The van der Waals surface area contributed by atoms with Crippen LogP contribution in [-0.4, -0.2) is 33.4 Å². The van der Waals surface area contributed by atoms with Crippen molar-refractivity contribution in [2.24, 2.45) is 0 Å². The summed E-state index contributed by atoms with van der Waals surface area (Å²) in [6.07, 6.45) is 1.69. The molecule has 0 radical (unpaired) electrons. The highest BCUT2D eigenvalue weighted by Crippen LogP contribution is 2.21. The molecule has 128 valence electrons. The number of aromatic nitrogens is 3. The third-order valence-corrected chi connectivity index (χ3v) is 4.78. The average Bonchev–Trinajstić information content (AvgIpc) is 3.23. The van der Waals surface area contributed by atoms with Gasteiger partial charge in [0, 0.05) is 17.0 Å². The molecule has 0 unspecified atom stereocenters. The van der Waals surface area contributed by atoms with E-state index in [4.69, 9.17) is 4.74 Å². The van der Waals surface area contributed by atoms with Crippen molar-refractivity contribution < 1.29 is 14.3 Å². The molecule has 3 aromatic rings. The van der Waals surface area contributed by atoms with E-state index in [1.165, 1.54) is 22.7 Å². The second kappa shape index (κ2) is 7.95. The molecule has 1 N–H and O–H groups in total. The molecule has 25 heavy (non-hydrogen) atoms. The van der Waals surface area contributed by atoms with E-state index >= 15 is 0 Å². The summed E-state index contributed by atoms with van der Waals surface area (Å²) in [6.45, 7) is 1.48. The van der Waals surface area contributed by atoms with Gasteiger partial charge in [0.15, 0.2) is 11.7 Å². The van der Waals surface area contributed by atoms with Crippen LogP contribution in [0.5, 0.6) is 0 Å². The second-order valence-corrected chi connectivity index (χ2v) is 6.75. The van der Waals surface area contributed by atoms with Gasteiger partial charge in [0.1, 0.15) is 5.01 Å². The topological polar surface area (TPSA) is 94.1 Å². The molecule has 1 amide bonds. The molecule has 9 heteroatoms. The van der Waals surface area contributed by atoms with Crippen LogP contribution >= 0.6 is 22.7 Å². The normalized spacial score (nSPS) is 10.4. The number of amides is 1. The van der Waals surface area contributed by atoms with Crippen LogP contribution in [0.25, 0.3) is 10.7 Å². The molecule has 0 fully saturated rings. The third kappa shape index (κ3) is 4.91. The number of esters is 1. The molecule has 7 nitrogen and oxygen atoms in total.